The quantitative estimate of drug-likeness (QED) is 0.535. The maximum atomic E-state index is 13.8. The number of fused-ring (bicyclic) bond motifs is 1. The highest BCUT2D eigenvalue weighted by Crippen LogP contribution is 2.34. The number of hydrogen-bond donors (Lipinski definition) is 0. The number of halogens is 2. The SMILES string of the molecule is Cc1ccc2ccccc2c1C(Cl)Cc1ccccc1F. The number of benzene rings is 3. The predicted molar refractivity (Wildman–Crippen MR) is 87.4 cm³/mol. The molecule has 0 aliphatic rings. The summed E-state index contributed by atoms with van der Waals surface area (Å²) in [4.78, 5) is 0. The Morgan fingerprint density at radius 3 is 2.48 bits per heavy atom. The molecule has 106 valence electrons. The van der Waals surface area contributed by atoms with Crippen molar-refractivity contribution in [3.05, 3.63) is 83.2 Å². The molecule has 3 aromatic rings. The minimum atomic E-state index is -0.243. The van der Waals surface area contributed by atoms with E-state index in [-0.39, 0.29) is 11.2 Å². The maximum Gasteiger partial charge on any atom is 0.126 e. The molecule has 0 bridgehead atoms. The Bertz CT molecular complexity index is 779. The molecule has 0 fully saturated rings. The normalized spacial score (nSPS) is 12.5. The molecule has 0 aromatic heterocycles. The summed E-state index contributed by atoms with van der Waals surface area (Å²) in [6.07, 6.45) is 0.489. The molecule has 0 amide bonds. The average Bonchev–Trinajstić information content (AvgIpc) is 2.49. The fraction of sp³-hybridized carbons (Fsp3) is 0.158. The first-order chi connectivity index (χ1) is 10.2. The lowest BCUT2D eigenvalue weighted by atomic mass is 9.94. The molecule has 0 N–H and O–H groups in total. The van der Waals surface area contributed by atoms with Gasteiger partial charge in [0.2, 0.25) is 0 Å². The van der Waals surface area contributed by atoms with Crippen molar-refractivity contribution in [2.45, 2.75) is 18.7 Å². The molecule has 0 heterocycles. The van der Waals surface area contributed by atoms with Crippen molar-refractivity contribution < 1.29 is 4.39 Å². The standard InChI is InChI=1S/C19H16ClF/c1-13-10-11-14-6-2-4-8-16(14)19(13)17(20)12-15-7-3-5-9-18(15)21/h2-11,17H,12H2,1H3. The molecule has 1 unspecified atom stereocenters. The van der Waals surface area contributed by atoms with E-state index in [1.807, 2.05) is 18.2 Å². The fourth-order valence-electron chi connectivity index (χ4n) is 2.78. The zero-order valence-corrected chi connectivity index (χ0v) is 12.6. The highest BCUT2D eigenvalue weighted by atomic mass is 35.5. The molecule has 3 aromatic carbocycles. The van der Waals surface area contributed by atoms with Crippen LogP contribution in [0.3, 0.4) is 0 Å². The van der Waals surface area contributed by atoms with Gasteiger partial charge in [-0.25, -0.2) is 4.39 Å². The third kappa shape index (κ3) is 2.79. The summed E-state index contributed by atoms with van der Waals surface area (Å²) in [6, 6.07) is 19.2. The van der Waals surface area contributed by atoms with Gasteiger partial charge in [-0.1, -0.05) is 54.6 Å². The number of alkyl halides is 1. The third-order valence-corrected chi connectivity index (χ3v) is 4.23. The van der Waals surface area contributed by atoms with Crippen LogP contribution in [-0.4, -0.2) is 0 Å². The highest BCUT2D eigenvalue weighted by Gasteiger charge is 2.16. The van der Waals surface area contributed by atoms with Gasteiger partial charge in [0.15, 0.2) is 0 Å². The van der Waals surface area contributed by atoms with E-state index in [0.717, 1.165) is 21.9 Å². The van der Waals surface area contributed by atoms with Crippen molar-refractivity contribution >= 4 is 22.4 Å². The van der Waals surface area contributed by atoms with Gasteiger partial charge in [0.05, 0.1) is 5.38 Å². The van der Waals surface area contributed by atoms with Gasteiger partial charge in [0.1, 0.15) is 5.82 Å². The second kappa shape index (κ2) is 5.87. The van der Waals surface area contributed by atoms with E-state index in [1.165, 1.54) is 6.07 Å². The lowest BCUT2D eigenvalue weighted by Crippen LogP contribution is -2.01. The van der Waals surface area contributed by atoms with Crippen molar-refractivity contribution in [1.82, 2.24) is 0 Å². The van der Waals surface area contributed by atoms with Crippen molar-refractivity contribution in [2.75, 3.05) is 0 Å². The lowest BCUT2D eigenvalue weighted by molar-refractivity contribution is 0.607. The van der Waals surface area contributed by atoms with Gasteiger partial charge < -0.3 is 0 Å². The molecular formula is C19H16ClF. The van der Waals surface area contributed by atoms with Crippen molar-refractivity contribution in [3.8, 4) is 0 Å². The van der Waals surface area contributed by atoms with Crippen LogP contribution < -0.4 is 0 Å². The Hall–Kier alpha value is -1.86. The number of hydrogen-bond acceptors (Lipinski definition) is 0. The first-order valence-electron chi connectivity index (χ1n) is 7.02. The Morgan fingerprint density at radius 1 is 0.952 bits per heavy atom. The third-order valence-electron chi connectivity index (χ3n) is 3.86. The summed E-state index contributed by atoms with van der Waals surface area (Å²) in [5.74, 6) is -0.193. The monoisotopic (exact) mass is 298 g/mol. The van der Waals surface area contributed by atoms with Crippen molar-refractivity contribution in [1.29, 1.82) is 0 Å². The Balaban J connectivity index is 2.04. The van der Waals surface area contributed by atoms with Crippen LogP contribution in [0.5, 0.6) is 0 Å². The van der Waals surface area contributed by atoms with Crippen molar-refractivity contribution in [2.24, 2.45) is 0 Å². The van der Waals surface area contributed by atoms with Crippen LogP contribution in [0.1, 0.15) is 22.1 Å². The molecule has 0 aliphatic heterocycles. The van der Waals surface area contributed by atoms with E-state index in [1.54, 1.807) is 12.1 Å². The summed E-state index contributed by atoms with van der Waals surface area (Å²) in [5, 5.41) is 2.07. The molecule has 1 atom stereocenters. The maximum absolute atomic E-state index is 13.8. The molecule has 0 radical (unpaired) electrons. The fourth-order valence-corrected chi connectivity index (χ4v) is 3.24. The van der Waals surface area contributed by atoms with Gasteiger partial charge in [0, 0.05) is 0 Å². The second-order valence-corrected chi connectivity index (χ2v) is 5.81. The van der Waals surface area contributed by atoms with Crippen molar-refractivity contribution in [3.63, 3.8) is 0 Å². The van der Waals surface area contributed by atoms with E-state index >= 15 is 0 Å². The van der Waals surface area contributed by atoms with Crippen LogP contribution in [0.25, 0.3) is 10.8 Å². The summed E-state index contributed by atoms with van der Waals surface area (Å²) < 4.78 is 13.8. The second-order valence-electron chi connectivity index (χ2n) is 5.28. The first-order valence-corrected chi connectivity index (χ1v) is 7.46. The van der Waals surface area contributed by atoms with Crippen LogP contribution in [-0.2, 0) is 6.42 Å². The zero-order valence-electron chi connectivity index (χ0n) is 11.8. The minimum absolute atomic E-state index is 0.193. The van der Waals surface area contributed by atoms with Crippen LogP contribution in [0.2, 0.25) is 0 Å². The van der Waals surface area contributed by atoms with Gasteiger partial charge in [0.25, 0.3) is 0 Å². The topological polar surface area (TPSA) is 0 Å². The highest BCUT2D eigenvalue weighted by molar-refractivity contribution is 6.22. The predicted octanol–water partition coefficient (Wildman–Crippen LogP) is 5.81. The summed E-state index contributed by atoms with van der Waals surface area (Å²) in [7, 11) is 0. The Morgan fingerprint density at radius 2 is 1.67 bits per heavy atom. The number of rotatable bonds is 3. The molecule has 3 rings (SSSR count). The Kier molecular flexibility index (Phi) is 3.94. The smallest absolute Gasteiger partial charge is 0.126 e. The largest absolute Gasteiger partial charge is 0.207 e. The Labute approximate surface area is 129 Å². The average molecular weight is 299 g/mol. The number of aryl methyl sites for hydroxylation is 1. The molecule has 0 saturated heterocycles. The molecule has 0 nitrogen and oxygen atoms in total. The molecule has 0 saturated carbocycles. The molecule has 2 heteroatoms. The van der Waals surface area contributed by atoms with Crippen LogP contribution in [0.15, 0.2) is 60.7 Å². The van der Waals surface area contributed by atoms with Gasteiger partial charge in [-0.3, -0.25) is 0 Å². The van der Waals surface area contributed by atoms with E-state index in [0.29, 0.717) is 12.0 Å². The van der Waals surface area contributed by atoms with Gasteiger partial charge in [-0.05, 0) is 46.9 Å². The summed E-state index contributed by atoms with van der Waals surface area (Å²) >= 11 is 6.63. The minimum Gasteiger partial charge on any atom is -0.207 e. The summed E-state index contributed by atoms with van der Waals surface area (Å²) in [5.41, 5.74) is 2.90. The van der Waals surface area contributed by atoms with E-state index < -0.39 is 0 Å². The zero-order chi connectivity index (χ0) is 14.8. The van der Waals surface area contributed by atoms with Crippen LogP contribution >= 0.6 is 11.6 Å². The van der Waals surface area contributed by atoms with Gasteiger partial charge >= 0.3 is 0 Å². The van der Waals surface area contributed by atoms with Gasteiger partial charge in [-0.2, -0.15) is 0 Å². The molecular weight excluding hydrogens is 283 g/mol. The van der Waals surface area contributed by atoms with Crippen LogP contribution in [0, 0.1) is 12.7 Å². The van der Waals surface area contributed by atoms with Crippen LogP contribution in [0.4, 0.5) is 4.39 Å². The van der Waals surface area contributed by atoms with E-state index in [2.05, 4.69) is 31.2 Å². The van der Waals surface area contributed by atoms with E-state index in [4.69, 9.17) is 11.6 Å². The lowest BCUT2D eigenvalue weighted by Gasteiger charge is -2.16. The van der Waals surface area contributed by atoms with E-state index in [9.17, 15) is 4.39 Å². The summed E-state index contributed by atoms with van der Waals surface area (Å²) in [6.45, 7) is 2.05. The molecule has 21 heavy (non-hydrogen) atoms. The van der Waals surface area contributed by atoms with Gasteiger partial charge in [-0.15, -0.1) is 11.6 Å². The molecule has 0 aliphatic carbocycles. The first kappa shape index (κ1) is 14.1. The molecule has 0 spiro atoms.